The smallest absolute Gasteiger partial charge is 0.170 e. The third-order valence-corrected chi connectivity index (χ3v) is 5.01. The second-order valence-electron chi connectivity index (χ2n) is 6.85. The molecule has 38 heavy (non-hydrogen) atoms. The molecule has 0 aliphatic carbocycles. The molecule has 1 aliphatic rings. The molecular weight excluding hydrogens is 543 g/mol. The summed E-state index contributed by atoms with van der Waals surface area (Å²) in [5.74, 6) is 6.50. The van der Waals surface area contributed by atoms with Crippen molar-refractivity contribution in [1.29, 1.82) is 0 Å². The van der Waals surface area contributed by atoms with Gasteiger partial charge in [0.2, 0.25) is 0 Å². The van der Waals surface area contributed by atoms with Gasteiger partial charge in [-0.2, -0.15) is 17.7 Å². The van der Waals surface area contributed by atoms with Gasteiger partial charge in [0.25, 0.3) is 0 Å². The minimum atomic E-state index is -0.387. The van der Waals surface area contributed by atoms with E-state index < -0.39 is 0 Å². The monoisotopic (exact) mass is 601 g/mol. The maximum atomic E-state index is 6.28. The summed E-state index contributed by atoms with van der Waals surface area (Å²) in [5, 5.41) is 0. The van der Waals surface area contributed by atoms with Crippen molar-refractivity contribution in [2.75, 3.05) is 6.54 Å². The summed E-state index contributed by atoms with van der Waals surface area (Å²) in [4.78, 5) is 2.40. The Kier molecular flexibility index (Phi) is 37.0. The predicted molar refractivity (Wildman–Crippen MR) is 165 cm³/mol. The van der Waals surface area contributed by atoms with Gasteiger partial charge in [-0.1, -0.05) is 125 Å². The van der Waals surface area contributed by atoms with Crippen LogP contribution in [0.3, 0.4) is 0 Å². The van der Waals surface area contributed by atoms with E-state index in [-0.39, 0.29) is 57.2 Å². The van der Waals surface area contributed by atoms with Crippen LogP contribution in [0.5, 0.6) is 0 Å². The minimum Gasteiger partial charge on any atom is -0.386 e. The van der Waals surface area contributed by atoms with Gasteiger partial charge in [-0.05, 0) is 19.4 Å². The van der Waals surface area contributed by atoms with Crippen molar-refractivity contribution >= 4 is 0 Å². The molecule has 0 saturated carbocycles. The first-order valence-electron chi connectivity index (χ1n) is 14.7. The molecule has 1 saturated heterocycles. The molecule has 1 radical (unpaired) electrons. The molecule has 4 unspecified atom stereocenters. The van der Waals surface area contributed by atoms with Gasteiger partial charge >= 0.3 is 0 Å². The van der Waals surface area contributed by atoms with Crippen molar-refractivity contribution in [3.05, 3.63) is 78.4 Å². The standard InChI is InChI=1S/C24H28NO2.5C2H6.Y/c1-4-5-12-17-25-19(2)20(3)27-24(23(25)22-15-10-7-11-16-22)26-18-21-13-8-6-9-14-21;5*1-2;/h6-11,13-16,18-20,23-24H,4,17H2,1-3H3;5*1-2H3;/q-1;;;;;;. The van der Waals surface area contributed by atoms with Gasteiger partial charge in [0, 0.05) is 45.2 Å². The van der Waals surface area contributed by atoms with Crippen LogP contribution in [0.15, 0.2) is 60.7 Å². The molecule has 2 aromatic rings. The fourth-order valence-electron chi connectivity index (χ4n) is 3.38. The Morgan fingerprint density at radius 1 is 0.763 bits per heavy atom. The number of hydrogen-bond donors (Lipinski definition) is 0. The molecule has 0 spiro atoms. The summed E-state index contributed by atoms with van der Waals surface area (Å²) in [6.07, 6.45) is 0.538. The van der Waals surface area contributed by atoms with Crippen LogP contribution < -0.4 is 0 Å². The zero-order valence-electron chi connectivity index (χ0n) is 26.9. The van der Waals surface area contributed by atoms with Crippen LogP contribution in [0.1, 0.15) is 114 Å². The molecule has 215 valence electrons. The first-order chi connectivity index (χ1) is 18.2. The van der Waals surface area contributed by atoms with Gasteiger partial charge < -0.3 is 9.47 Å². The van der Waals surface area contributed by atoms with Crippen LogP contribution in [-0.4, -0.2) is 29.9 Å². The van der Waals surface area contributed by atoms with Crippen molar-refractivity contribution in [3.8, 4) is 11.8 Å². The normalized spacial score (nSPS) is 18.9. The summed E-state index contributed by atoms with van der Waals surface area (Å²) < 4.78 is 12.4. The van der Waals surface area contributed by atoms with Crippen molar-refractivity contribution in [1.82, 2.24) is 4.90 Å². The number of morpholine rings is 1. The van der Waals surface area contributed by atoms with Gasteiger partial charge in [-0.3, -0.25) is 4.90 Å². The van der Waals surface area contributed by atoms with E-state index in [2.05, 4.69) is 61.8 Å². The summed E-state index contributed by atoms with van der Waals surface area (Å²) in [6, 6.07) is 20.7. The van der Waals surface area contributed by atoms with Crippen LogP contribution in [0, 0.1) is 18.4 Å². The molecular formula is C34H58NO2Y-. The number of benzene rings is 2. The van der Waals surface area contributed by atoms with Gasteiger partial charge in [0.15, 0.2) is 6.29 Å². The van der Waals surface area contributed by atoms with Crippen molar-refractivity contribution in [3.63, 3.8) is 0 Å². The first-order valence-corrected chi connectivity index (χ1v) is 14.7. The van der Waals surface area contributed by atoms with E-state index in [4.69, 9.17) is 9.47 Å². The van der Waals surface area contributed by atoms with E-state index in [1.54, 1.807) is 6.61 Å². The van der Waals surface area contributed by atoms with Crippen molar-refractivity contribution in [2.24, 2.45) is 0 Å². The van der Waals surface area contributed by atoms with Gasteiger partial charge in [-0.25, -0.2) is 0 Å². The second kappa shape index (κ2) is 32.1. The molecule has 0 amide bonds. The fourth-order valence-corrected chi connectivity index (χ4v) is 3.38. The molecule has 3 nitrogen and oxygen atoms in total. The van der Waals surface area contributed by atoms with Crippen LogP contribution in [0.2, 0.25) is 0 Å². The summed E-state index contributed by atoms with van der Waals surface area (Å²) in [5.41, 5.74) is 2.21. The number of hydrogen-bond acceptors (Lipinski definition) is 3. The zero-order chi connectivity index (χ0) is 29.1. The molecule has 1 fully saturated rings. The van der Waals surface area contributed by atoms with Crippen LogP contribution in [-0.2, 0) is 42.2 Å². The van der Waals surface area contributed by atoms with Crippen molar-refractivity contribution < 1.29 is 42.2 Å². The maximum absolute atomic E-state index is 6.28. The summed E-state index contributed by atoms with van der Waals surface area (Å²) >= 11 is 0. The van der Waals surface area contributed by atoms with Crippen LogP contribution in [0.4, 0.5) is 0 Å². The van der Waals surface area contributed by atoms with Crippen molar-refractivity contribution in [2.45, 2.75) is 121 Å². The van der Waals surface area contributed by atoms with E-state index >= 15 is 0 Å². The fraction of sp³-hybridized carbons (Fsp3) is 0.559. The van der Waals surface area contributed by atoms with E-state index in [1.807, 2.05) is 106 Å². The van der Waals surface area contributed by atoms with E-state index in [1.165, 1.54) is 5.56 Å². The summed E-state index contributed by atoms with van der Waals surface area (Å²) in [6.45, 7) is 28.9. The predicted octanol–water partition coefficient (Wildman–Crippen LogP) is 9.93. The molecule has 4 heteroatoms. The molecule has 2 aromatic carbocycles. The zero-order valence-corrected chi connectivity index (χ0v) is 29.8. The van der Waals surface area contributed by atoms with E-state index in [0.29, 0.717) is 6.54 Å². The van der Waals surface area contributed by atoms with Gasteiger partial charge in [-0.15, -0.1) is 18.1 Å². The Morgan fingerprint density at radius 2 is 1.24 bits per heavy atom. The van der Waals surface area contributed by atoms with Gasteiger partial charge in [0.1, 0.15) is 0 Å². The average Bonchev–Trinajstić information content (AvgIpc) is 3.00. The SMILES string of the molecule is CC.CC.CC.CC.CC.CCC#CCN1C(C)C(C)OC(O[CH-]c2ccccc2)C1c1ccccc1.[Y]. The molecule has 1 aliphatic heterocycles. The summed E-state index contributed by atoms with van der Waals surface area (Å²) in [7, 11) is 0. The Bertz CT molecular complexity index is 758. The van der Waals surface area contributed by atoms with E-state index in [0.717, 1.165) is 12.0 Å². The van der Waals surface area contributed by atoms with Gasteiger partial charge in [0.05, 0.1) is 18.7 Å². The molecule has 1 heterocycles. The maximum Gasteiger partial charge on any atom is 0.170 e. The van der Waals surface area contributed by atoms with Crippen LogP contribution in [0.25, 0.3) is 0 Å². The molecule has 0 bridgehead atoms. The quantitative estimate of drug-likeness (QED) is 0.252. The Hall–Kier alpha value is -1.15. The third kappa shape index (κ3) is 16.7. The second-order valence-corrected chi connectivity index (χ2v) is 6.85. The Morgan fingerprint density at radius 3 is 1.71 bits per heavy atom. The average molecular weight is 602 g/mol. The molecule has 0 N–H and O–H groups in total. The largest absolute Gasteiger partial charge is 0.386 e. The third-order valence-electron chi connectivity index (χ3n) is 5.01. The minimum absolute atomic E-state index is 0. The topological polar surface area (TPSA) is 21.7 Å². The van der Waals surface area contributed by atoms with Crippen LogP contribution >= 0.6 is 0 Å². The molecule has 0 aromatic heterocycles. The molecule has 3 rings (SSSR count). The number of ether oxygens (including phenoxy) is 2. The number of rotatable bonds is 5. The Labute approximate surface area is 263 Å². The number of nitrogens with zero attached hydrogens (tertiary/aromatic N) is 1. The molecule has 4 atom stereocenters. The van der Waals surface area contributed by atoms with E-state index in [9.17, 15) is 0 Å². The Balaban J connectivity index is -0.000000472. The first kappa shape index (κ1) is 43.9.